The second-order valence-corrected chi connectivity index (χ2v) is 6.71. The van der Waals surface area contributed by atoms with Gasteiger partial charge < -0.3 is 26.2 Å². The number of amides is 1. The molecule has 1 amide bonds. The normalized spacial score (nSPS) is 39.9. The Balaban J connectivity index is 1.82. The molecule has 9 nitrogen and oxygen atoms in total. The summed E-state index contributed by atoms with van der Waals surface area (Å²) in [6.45, 7) is 1.63. The van der Waals surface area contributed by atoms with Gasteiger partial charge in [-0.2, -0.15) is 0 Å². The first-order valence-electron chi connectivity index (χ1n) is 7.65. The summed E-state index contributed by atoms with van der Waals surface area (Å²) in [5.41, 5.74) is 9.66. The van der Waals surface area contributed by atoms with Gasteiger partial charge in [0.05, 0.1) is 23.4 Å². The molecule has 128 valence electrons. The maximum atomic E-state index is 12.7. The Hall–Kier alpha value is -2.39. The van der Waals surface area contributed by atoms with Crippen molar-refractivity contribution >= 4 is 17.7 Å². The van der Waals surface area contributed by atoms with Crippen molar-refractivity contribution in [2.45, 2.75) is 24.7 Å². The van der Waals surface area contributed by atoms with Crippen LogP contribution in [0.3, 0.4) is 0 Å². The zero-order valence-corrected chi connectivity index (χ0v) is 13.3. The Morgan fingerprint density at radius 1 is 1.42 bits per heavy atom. The van der Waals surface area contributed by atoms with Crippen molar-refractivity contribution in [1.29, 1.82) is 0 Å². The van der Waals surface area contributed by atoms with Gasteiger partial charge in [0.1, 0.15) is 6.61 Å². The van der Waals surface area contributed by atoms with E-state index in [1.165, 1.54) is 6.92 Å². The summed E-state index contributed by atoms with van der Waals surface area (Å²) >= 11 is 0. The van der Waals surface area contributed by atoms with Gasteiger partial charge in [-0.25, -0.2) is 4.79 Å². The number of ketones is 2. The number of likely N-dealkylation sites (N-methyl/N-ethyl adjacent to an activating group) is 1. The van der Waals surface area contributed by atoms with Crippen LogP contribution in [0.2, 0.25) is 0 Å². The molecular formula is C15H18N4O5. The van der Waals surface area contributed by atoms with Gasteiger partial charge in [0.25, 0.3) is 0 Å². The fourth-order valence-electron chi connectivity index (χ4n) is 4.39. The smallest absolute Gasteiger partial charge is 0.404 e. The van der Waals surface area contributed by atoms with Gasteiger partial charge in [-0.05, 0) is 14.0 Å². The largest absolute Gasteiger partial charge is 0.449 e. The van der Waals surface area contributed by atoms with Crippen LogP contribution in [0.4, 0.5) is 4.79 Å². The van der Waals surface area contributed by atoms with Crippen molar-refractivity contribution in [3.8, 4) is 0 Å². The van der Waals surface area contributed by atoms with Gasteiger partial charge in [-0.3, -0.25) is 14.5 Å². The molecule has 3 unspecified atom stereocenters. The van der Waals surface area contributed by atoms with E-state index in [1.54, 1.807) is 4.90 Å². The van der Waals surface area contributed by atoms with Crippen molar-refractivity contribution in [2.75, 3.05) is 20.2 Å². The fourth-order valence-corrected chi connectivity index (χ4v) is 4.39. The van der Waals surface area contributed by atoms with Crippen LogP contribution >= 0.6 is 0 Å². The van der Waals surface area contributed by atoms with Crippen LogP contribution in [0.15, 0.2) is 22.5 Å². The van der Waals surface area contributed by atoms with E-state index >= 15 is 0 Å². The molecule has 2 fully saturated rings. The molecule has 0 aromatic carbocycles. The molecule has 4 aliphatic rings. The summed E-state index contributed by atoms with van der Waals surface area (Å²) < 4.78 is 4.88. The lowest BCUT2D eigenvalue weighted by atomic mass is 9.83. The maximum Gasteiger partial charge on any atom is 0.404 e. The second kappa shape index (κ2) is 4.37. The number of allylic oxidation sites excluding steroid dienone is 2. The Morgan fingerprint density at radius 2 is 2.08 bits per heavy atom. The van der Waals surface area contributed by atoms with Crippen molar-refractivity contribution in [3.63, 3.8) is 0 Å². The van der Waals surface area contributed by atoms with Crippen LogP contribution in [0.1, 0.15) is 6.92 Å². The number of carbonyl (C=O) groups is 3. The SMILES string of the molecule is CC1=C(N)C(=O)C2=C(C1=O)N1CC3C(N3C)[C@]1(O)[C@@H]2COC(N)=O. The lowest BCUT2D eigenvalue weighted by molar-refractivity contribution is -0.126. The van der Waals surface area contributed by atoms with Gasteiger partial charge in [0.2, 0.25) is 11.6 Å². The summed E-state index contributed by atoms with van der Waals surface area (Å²) in [7, 11) is 1.86. The van der Waals surface area contributed by atoms with Gasteiger partial charge in [-0.1, -0.05) is 0 Å². The minimum absolute atomic E-state index is 0.0894. The molecule has 3 heterocycles. The highest BCUT2D eigenvalue weighted by Gasteiger charge is 2.74. The van der Waals surface area contributed by atoms with Crippen LogP contribution in [0, 0.1) is 5.92 Å². The van der Waals surface area contributed by atoms with Crippen molar-refractivity contribution in [2.24, 2.45) is 17.4 Å². The predicted molar refractivity (Wildman–Crippen MR) is 79.9 cm³/mol. The molecule has 9 heteroatoms. The molecule has 24 heavy (non-hydrogen) atoms. The molecule has 5 atom stereocenters. The molecule has 0 radical (unpaired) electrons. The monoisotopic (exact) mass is 334 g/mol. The summed E-state index contributed by atoms with van der Waals surface area (Å²) in [4.78, 5) is 39.9. The van der Waals surface area contributed by atoms with Crippen LogP contribution in [-0.4, -0.2) is 70.6 Å². The van der Waals surface area contributed by atoms with Crippen molar-refractivity contribution < 1.29 is 24.2 Å². The number of aliphatic hydroxyl groups is 1. The van der Waals surface area contributed by atoms with E-state index in [9.17, 15) is 19.5 Å². The highest BCUT2D eigenvalue weighted by Crippen LogP contribution is 2.57. The molecule has 2 saturated heterocycles. The molecule has 0 saturated carbocycles. The van der Waals surface area contributed by atoms with E-state index in [0.29, 0.717) is 6.54 Å². The lowest BCUT2D eigenvalue weighted by Gasteiger charge is -2.37. The highest BCUT2D eigenvalue weighted by molar-refractivity contribution is 6.25. The minimum atomic E-state index is -1.49. The number of nitrogens with zero attached hydrogens (tertiary/aromatic N) is 2. The Kier molecular flexibility index (Phi) is 2.76. The number of fused-ring (bicyclic) bond motifs is 4. The number of carbonyl (C=O) groups excluding carboxylic acids is 3. The van der Waals surface area contributed by atoms with E-state index in [0.717, 1.165) is 0 Å². The van der Waals surface area contributed by atoms with E-state index in [2.05, 4.69) is 0 Å². The number of hydrogen-bond acceptors (Lipinski definition) is 8. The van der Waals surface area contributed by atoms with Gasteiger partial charge >= 0.3 is 6.09 Å². The number of Topliss-reactive ketones (excluding diaryl/α,β-unsaturated/α-hetero) is 2. The second-order valence-electron chi connectivity index (χ2n) is 6.71. The number of hydrogen-bond donors (Lipinski definition) is 3. The maximum absolute atomic E-state index is 12.7. The lowest BCUT2D eigenvalue weighted by Crippen LogP contribution is -2.53. The van der Waals surface area contributed by atoms with Gasteiger partial charge in [-0.15, -0.1) is 0 Å². The average Bonchev–Trinajstić information content (AvgIpc) is 2.93. The van der Waals surface area contributed by atoms with E-state index in [4.69, 9.17) is 16.2 Å². The highest BCUT2D eigenvalue weighted by atomic mass is 16.5. The molecule has 0 aromatic heterocycles. The van der Waals surface area contributed by atoms with E-state index in [-0.39, 0.29) is 47.0 Å². The Bertz CT molecular complexity index is 772. The number of ether oxygens (including phenoxy) is 1. The topological polar surface area (TPSA) is 139 Å². The minimum Gasteiger partial charge on any atom is -0.449 e. The number of primary amides is 1. The van der Waals surface area contributed by atoms with Crippen LogP contribution in [0.25, 0.3) is 0 Å². The number of nitrogens with two attached hydrogens (primary N) is 2. The molecule has 4 rings (SSSR count). The summed E-state index contributed by atoms with van der Waals surface area (Å²) in [5, 5.41) is 11.4. The number of piperazine rings is 1. The molecule has 0 aromatic rings. The third kappa shape index (κ3) is 1.53. The predicted octanol–water partition coefficient (Wildman–Crippen LogP) is -1.96. The molecule has 1 aliphatic carbocycles. The zero-order valence-electron chi connectivity index (χ0n) is 13.3. The summed E-state index contributed by atoms with van der Waals surface area (Å²) in [5.74, 6) is -1.74. The molecule has 0 spiro atoms. The molecule has 0 bridgehead atoms. The molecular weight excluding hydrogens is 316 g/mol. The van der Waals surface area contributed by atoms with E-state index < -0.39 is 23.5 Å². The summed E-state index contributed by atoms with van der Waals surface area (Å²) in [6.07, 6.45) is -1.01. The van der Waals surface area contributed by atoms with Crippen molar-refractivity contribution in [3.05, 3.63) is 22.5 Å². The average molecular weight is 334 g/mol. The third-order valence-corrected chi connectivity index (χ3v) is 5.70. The first kappa shape index (κ1) is 15.2. The van der Waals surface area contributed by atoms with E-state index in [1.807, 2.05) is 11.9 Å². The first-order valence-corrected chi connectivity index (χ1v) is 7.65. The van der Waals surface area contributed by atoms with Crippen LogP contribution < -0.4 is 11.5 Å². The molecule has 3 aliphatic heterocycles. The molecule has 5 N–H and O–H groups in total. The fraction of sp³-hybridized carbons (Fsp3) is 0.533. The Labute approximate surface area is 137 Å². The van der Waals surface area contributed by atoms with Gasteiger partial charge in [0, 0.05) is 23.7 Å². The quantitative estimate of drug-likeness (QED) is 0.391. The van der Waals surface area contributed by atoms with Crippen LogP contribution in [-0.2, 0) is 14.3 Å². The number of rotatable bonds is 2. The zero-order chi connectivity index (χ0) is 17.5. The first-order chi connectivity index (χ1) is 11.2. The Morgan fingerprint density at radius 3 is 2.71 bits per heavy atom. The van der Waals surface area contributed by atoms with Crippen molar-refractivity contribution in [1.82, 2.24) is 9.80 Å². The standard InChI is InChI=1S/C15H18N4O5/c1-5-9(16)12(21)8-6(4-24-14(17)22)15(23)13-7(18(13)2)3-19(15)10(8)11(5)20/h6-7,13,23H,3-4,16H2,1-2H3,(H2,17,22)/t6-,7?,13?,15-,18?/m1/s1. The van der Waals surface area contributed by atoms with Crippen LogP contribution in [0.5, 0.6) is 0 Å². The summed E-state index contributed by atoms with van der Waals surface area (Å²) in [6, 6.07) is -0.154. The van der Waals surface area contributed by atoms with Gasteiger partial charge in [0.15, 0.2) is 5.72 Å². The third-order valence-electron chi connectivity index (χ3n) is 5.70.